The van der Waals surface area contributed by atoms with Gasteiger partial charge in [-0.05, 0) is 51.3 Å². The minimum absolute atomic E-state index is 0. The number of alkyl halides is 3. The molecule has 174 valence electrons. The van der Waals surface area contributed by atoms with E-state index < -0.39 is 6.36 Å². The highest BCUT2D eigenvalue weighted by Gasteiger charge is 2.31. The number of piperazine rings is 1. The van der Waals surface area contributed by atoms with Gasteiger partial charge in [0, 0.05) is 26.2 Å². The topological polar surface area (TPSA) is 43.0 Å². The third kappa shape index (κ3) is 7.05. The first-order valence-corrected chi connectivity index (χ1v) is 9.83. The van der Waals surface area contributed by atoms with Gasteiger partial charge in [0.2, 0.25) is 0 Å². The van der Waals surface area contributed by atoms with Crippen molar-refractivity contribution in [2.45, 2.75) is 12.4 Å². The largest absolute Gasteiger partial charge is 0.573 e. The van der Waals surface area contributed by atoms with Crippen molar-refractivity contribution in [3.05, 3.63) is 52.0 Å². The van der Waals surface area contributed by atoms with Crippen molar-refractivity contribution in [3.63, 3.8) is 0 Å². The molecule has 1 aliphatic heterocycles. The molecule has 1 saturated heterocycles. The molecule has 1 N–H and O–H groups in total. The van der Waals surface area contributed by atoms with Gasteiger partial charge in [-0.1, -0.05) is 12.1 Å². The van der Waals surface area contributed by atoms with Crippen molar-refractivity contribution in [1.82, 2.24) is 10.2 Å². The summed E-state index contributed by atoms with van der Waals surface area (Å²) in [7, 11) is 3.15. The summed E-state index contributed by atoms with van der Waals surface area (Å²) in [6.07, 6.45) is -4.72. The normalized spacial score (nSPS) is 15.3. The minimum Gasteiger partial charge on any atom is -0.495 e. The predicted molar refractivity (Wildman–Crippen MR) is 121 cm³/mol. The third-order valence-electron chi connectivity index (χ3n) is 4.73. The van der Waals surface area contributed by atoms with Crippen LogP contribution in [-0.2, 0) is 0 Å². The summed E-state index contributed by atoms with van der Waals surface area (Å²) in [4.78, 5) is 2.28. The molecule has 0 amide bonds. The molecule has 0 spiro atoms. The molecule has 1 atom stereocenters. The summed E-state index contributed by atoms with van der Waals surface area (Å²) >= 11 is 3.48. The molecular weight excluding hydrogens is 524 g/mol. The first-order valence-electron chi connectivity index (χ1n) is 9.04. The lowest BCUT2D eigenvalue weighted by molar-refractivity contribution is -0.274. The molecule has 11 heteroatoms. The highest BCUT2D eigenvalue weighted by Crippen LogP contribution is 2.40. The maximum absolute atomic E-state index is 12.5. The van der Waals surface area contributed by atoms with E-state index in [0.29, 0.717) is 16.0 Å². The second-order valence-electron chi connectivity index (χ2n) is 6.54. The number of rotatable bonds is 6. The van der Waals surface area contributed by atoms with Crippen LogP contribution in [0.1, 0.15) is 17.2 Å². The van der Waals surface area contributed by atoms with Crippen molar-refractivity contribution in [3.8, 4) is 17.2 Å². The first kappa shape index (κ1) is 27.6. The van der Waals surface area contributed by atoms with Gasteiger partial charge in [-0.2, -0.15) is 0 Å². The first-order chi connectivity index (χ1) is 13.8. The Balaban J connectivity index is 0.00000240. The molecule has 5 nitrogen and oxygen atoms in total. The number of ether oxygens (including phenoxy) is 3. The van der Waals surface area contributed by atoms with Gasteiger partial charge in [0.05, 0.1) is 20.3 Å². The molecule has 2 aromatic rings. The Hall–Kier alpha value is -1.39. The molecule has 3 rings (SSSR count). The summed E-state index contributed by atoms with van der Waals surface area (Å²) in [5.41, 5.74) is 1.78. The van der Waals surface area contributed by atoms with E-state index >= 15 is 0 Å². The molecule has 1 aliphatic rings. The Kier molecular flexibility index (Phi) is 10.7. The van der Waals surface area contributed by atoms with Crippen molar-refractivity contribution >= 4 is 40.7 Å². The van der Waals surface area contributed by atoms with Crippen LogP contribution < -0.4 is 19.5 Å². The van der Waals surface area contributed by atoms with Gasteiger partial charge in [-0.15, -0.1) is 38.0 Å². The van der Waals surface area contributed by atoms with Gasteiger partial charge < -0.3 is 19.5 Å². The molecule has 0 bridgehead atoms. The lowest BCUT2D eigenvalue weighted by Crippen LogP contribution is -2.45. The van der Waals surface area contributed by atoms with E-state index in [9.17, 15) is 13.2 Å². The van der Waals surface area contributed by atoms with Crippen LogP contribution in [0.25, 0.3) is 0 Å². The summed E-state index contributed by atoms with van der Waals surface area (Å²) in [5, 5.41) is 3.32. The predicted octanol–water partition coefficient (Wildman–Crippen LogP) is 5.20. The maximum Gasteiger partial charge on any atom is 0.573 e. The van der Waals surface area contributed by atoms with Gasteiger partial charge in [0.1, 0.15) is 21.7 Å². The SMILES string of the molecule is COc1cc([C@@H](c2ccc(OC(F)(F)F)cc2)N2CCNCC2)cc(OC)c1Br.Cl.Cl. The lowest BCUT2D eigenvalue weighted by atomic mass is 9.95. The number of nitrogens with zero attached hydrogens (tertiary/aromatic N) is 1. The number of hydrogen-bond donors (Lipinski definition) is 1. The molecule has 0 aromatic heterocycles. The van der Waals surface area contributed by atoms with Crippen molar-refractivity contribution < 1.29 is 27.4 Å². The van der Waals surface area contributed by atoms with Crippen LogP contribution in [-0.4, -0.2) is 51.7 Å². The van der Waals surface area contributed by atoms with E-state index in [1.807, 2.05) is 12.1 Å². The van der Waals surface area contributed by atoms with Crippen molar-refractivity contribution in [2.24, 2.45) is 0 Å². The fraction of sp³-hybridized carbons (Fsp3) is 0.400. The van der Waals surface area contributed by atoms with Gasteiger partial charge in [0.15, 0.2) is 0 Å². The number of benzene rings is 2. The smallest absolute Gasteiger partial charge is 0.495 e. The number of nitrogens with one attached hydrogen (secondary N) is 1. The summed E-state index contributed by atoms with van der Waals surface area (Å²) in [6, 6.07) is 9.66. The number of methoxy groups -OCH3 is 2. The standard InChI is InChI=1S/C20H22BrF3N2O3.2ClH/c1-27-16-11-14(12-17(28-2)18(16)21)19(26-9-7-25-8-10-26)13-3-5-15(6-4-13)29-20(22,23)24;;/h3-6,11-12,19,25H,7-10H2,1-2H3;2*1H/t19-;;/m1../s1. The van der Waals surface area contributed by atoms with E-state index in [1.54, 1.807) is 26.4 Å². The molecule has 2 aromatic carbocycles. The van der Waals surface area contributed by atoms with Crippen LogP contribution in [0.5, 0.6) is 17.2 Å². The molecule has 1 heterocycles. The lowest BCUT2D eigenvalue weighted by Gasteiger charge is -2.36. The zero-order valence-electron chi connectivity index (χ0n) is 16.9. The Labute approximate surface area is 200 Å². The second-order valence-corrected chi connectivity index (χ2v) is 7.34. The van der Waals surface area contributed by atoms with E-state index in [2.05, 4.69) is 30.9 Å². The molecule has 31 heavy (non-hydrogen) atoms. The fourth-order valence-corrected chi connectivity index (χ4v) is 4.01. The monoisotopic (exact) mass is 546 g/mol. The van der Waals surface area contributed by atoms with Crippen LogP contribution in [0.4, 0.5) is 13.2 Å². The van der Waals surface area contributed by atoms with E-state index in [1.165, 1.54) is 12.1 Å². The second kappa shape index (κ2) is 12.0. The van der Waals surface area contributed by atoms with Crippen LogP contribution in [0.15, 0.2) is 40.9 Å². The van der Waals surface area contributed by atoms with Gasteiger partial charge >= 0.3 is 6.36 Å². The van der Waals surface area contributed by atoms with Crippen LogP contribution in [0, 0.1) is 0 Å². The Morgan fingerprint density at radius 1 is 0.935 bits per heavy atom. The molecule has 0 aliphatic carbocycles. The number of halogens is 6. The fourth-order valence-electron chi connectivity index (χ4n) is 3.45. The van der Waals surface area contributed by atoms with Gasteiger partial charge in [0.25, 0.3) is 0 Å². The molecule has 1 fully saturated rings. The quantitative estimate of drug-likeness (QED) is 0.538. The number of hydrogen-bond acceptors (Lipinski definition) is 5. The van der Waals surface area contributed by atoms with Crippen LogP contribution in [0.2, 0.25) is 0 Å². The van der Waals surface area contributed by atoms with Crippen LogP contribution in [0.3, 0.4) is 0 Å². The molecular formula is C20H24BrCl2F3N2O3. The Bertz CT molecular complexity index is 810. The summed E-state index contributed by atoms with van der Waals surface area (Å²) in [6.45, 7) is 3.26. The average Bonchev–Trinajstić information content (AvgIpc) is 2.70. The van der Waals surface area contributed by atoms with Gasteiger partial charge in [-0.3, -0.25) is 4.90 Å². The van der Waals surface area contributed by atoms with Crippen molar-refractivity contribution in [1.29, 1.82) is 0 Å². The highest BCUT2D eigenvalue weighted by molar-refractivity contribution is 9.10. The van der Waals surface area contributed by atoms with Gasteiger partial charge in [-0.25, -0.2) is 0 Å². The summed E-state index contributed by atoms with van der Waals surface area (Å²) in [5.74, 6) is 0.999. The molecule has 0 radical (unpaired) electrons. The maximum atomic E-state index is 12.5. The highest BCUT2D eigenvalue weighted by atomic mass is 79.9. The summed E-state index contributed by atoms with van der Waals surface area (Å²) < 4.78 is 53.1. The average molecular weight is 548 g/mol. The zero-order chi connectivity index (χ0) is 21.0. The van der Waals surface area contributed by atoms with Crippen LogP contribution >= 0.6 is 40.7 Å². The van der Waals surface area contributed by atoms with E-state index in [0.717, 1.165) is 37.3 Å². The molecule has 0 saturated carbocycles. The minimum atomic E-state index is -4.72. The Morgan fingerprint density at radius 3 is 1.90 bits per heavy atom. The molecule has 0 unspecified atom stereocenters. The van der Waals surface area contributed by atoms with E-state index in [-0.39, 0.29) is 36.6 Å². The van der Waals surface area contributed by atoms with E-state index in [4.69, 9.17) is 9.47 Å². The van der Waals surface area contributed by atoms with Crippen molar-refractivity contribution in [2.75, 3.05) is 40.4 Å². The Morgan fingerprint density at radius 2 is 1.45 bits per heavy atom. The third-order valence-corrected chi connectivity index (χ3v) is 5.51. The zero-order valence-corrected chi connectivity index (χ0v) is 20.1.